The summed E-state index contributed by atoms with van der Waals surface area (Å²) in [7, 11) is 8.31. The third kappa shape index (κ3) is 56.5. The third-order valence-electron chi connectivity index (χ3n) is 18.2. The van der Waals surface area contributed by atoms with Gasteiger partial charge in [-0.25, -0.2) is 13.2 Å². The van der Waals surface area contributed by atoms with Gasteiger partial charge in [0.25, 0.3) is 0 Å². The van der Waals surface area contributed by atoms with E-state index in [1.165, 1.54) is 89.9 Å². The fourth-order valence-electron chi connectivity index (χ4n) is 7.97. The first-order chi connectivity index (χ1) is 41.7. The van der Waals surface area contributed by atoms with E-state index >= 15 is 0 Å². The fourth-order valence-corrected chi connectivity index (χ4v) is 8.07. The van der Waals surface area contributed by atoms with Crippen molar-refractivity contribution >= 4 is 11.6 Å². The number of ether oxygens (including phenoxy) is 3. The maximum atomic E-state index is 12.6. The van der Waals surface area contributed by atoms with Gasteiger partial charge in [-0.1, -0.05) is 136 Å². The number of halogens is 4. The van der Waals surface area contributed by atoms with Gasteiger partial charge in [0.2, 0.25) is 6.43 Å². The topological polar surface area (TPSA) is 84.3 Å². The molecule has 0 amide bonds. The Morgan fingerprint density at radius 1 is 0.538 bits per heavy atom. The number of nitrogens with zero attached hydrogens (tertiary/aromatic N) is 2. The summed E-state index contributed by atoms with van der Waals surface area (Å²) in [6, 6.07) is 14.7. The van der Waals surface area contributed by atoms with Crippen LogP contribution in [0.2, 0.25) is 0 Å². The molecule has 4 N–H and O–H groups in total. The van der Waals surface area contributed by atoms with E-state index in [9.17, 15) is 13.2 Å². The molecule has 9 aliphatic rings. The van der Waals surface area contributed by atoms with Gasteiger partial charge < -0.3 is 40.4 Å². The molecule has 0 unspecified atom stereocenters. The maximum Gasteiger partial charge on any atom is 0.244 e. The first-order valence-electron chi connectivity index (χ1n) is 37.0. The van der Waals surface area contributed by atoms with Crippen LogP contribution in [-0.4, -0.2) is 127 Å². The molecule has 0 aliphatic heterocycles. The van der Waals surface area contributed by atoms with E-state index in [0.29, 0.717) is 48.4 Å². The molecular weight excluding hydrogens is 1160 g/mol. The standard InChI is InChI=1S/C9H12O.C7H12F2.C7H15N.C7H14O.C7H14.C6H11Cl.C6H11F.C6H13N.C6H12O.C6H12.C5H13N.C4H11N.C3H9N/c1-8(2)10-9-6-4-3-5-7-9;1-5(2)7(3-4-7)6(8)9;1-6(2)8(3)7-4-5-7;1-6(2)8-7(3)4-5-7;1-6(2)7(3)4-5-7;2*1-5(2)6(7)3-4-6;2*1-5(2)7-6-3-4-6;1-5(2)6-3-4-6;1-5(2)6(3)4;1-4(2)5-3;1-3(2)4/h3-8H,1-2H3;5-6H,3-4H2,1-2H3;6-7H,4-5H2,1-3H3;6H,4-5H2,1-3H3;6H,4-5H2,1-3H3;2*5H,3-4H2,1-2H3;5-7H,3-4H2,1-2H3;5-6H,3-4H2,1-2H3;5-6H,3-4H2,1-2H3;5H,1-4H3;4-5H,1-3H3;3H,4H2,1-2H3. The highest BCUT2D eigenvalue weighted by molar-refractivity contribution is 6.26. The lowest BCUT2D eigenvalue weighted by atomic mass is 9.93. The van der Waals surface area contributed by atoms with E-state index in [2.05, 4.69) is 180 Å². The van der Waals surface area contributed by atoms with Crippen LogP contribution < -0.4 is 21.1 Å². The van der Waals surface area contributed by atoms with Crippen LogP contribution >= 0.6 is 11.6 Å². The summed E-state index contributed by atoms with van der Waals surface area (Å²) >= 11 is 5.98. The molecule has 0 aromatic heterocycles. The Hall–Kier alpha value is -1.18. The normalized spacial score (nSPS) is 19.6. The molecule has 546 valence electrons. The molecule has 8 nitrogen and oxygen atoms in total. The smallest absolute Gasteiger partial charge is 0.244 e. The summed E-state index contributed by atoms with van der Waals surface area (Å²) in [5.41, 5.74) is 4.80. The summed E-state index contributed by atoms with van der Waals surface area (Å²) in [5, 5.41) is 6.44. The van der Waals surface area contributed by atoms with E-state index in [1.54, 1.807) is 0 Å². The second kappa shape index (κ2) is 47.7. The fraction of sp³-hybridized carbons (Fsp3) is 0.924. The van der Waals surface area contributed by atoms with Crippen molar-refractivity contribution in [2.24, 2.45) is 52.1 Å². The van der Waals surface area contributed by atoms with Crippen molar-refractivity contribution in [2.75, 3.05) is 28.2 Å². The summed E-state index contributed by atoms with van der Waals surface area (Å²) in [6.45, 7) is 59.5. The molecule has 9 saturated carbocycles. The Morgan fingerprint density at radius 2 is 0.978 bits per heavy atom. The Labute approximate surface area is 571 Å². The highest BCUT2D eigenvalue weighted by atomic mass is 35.5. The number of alkyl halides is 4. The van der Waals surface area contributed by atoms with E-state index in [0.717, 1.165) is 72.7 Å². The first-order valence-corrected chi connectivity index (χ1v) is 37.4. The van der Waals surface area contributed by atoms with E-state index in [1.807, 2.05) is 92.8 Å². The van der Waals surface area contributed by atoms with Crippen LogP contribution in [0.3, 0.4) is 0 Å². The van der Waals surface area contributed by atoms with Crippen molar-refractivity contribution in [3.8, 4) is 5.75 Å². The predicted molar refractivity (Wildman–Crippen MR) is 398 cm³/mol. The van der Waals surface area contributed by atoms with E-state index in [-0.39, 0.29) is 28.4 Å². The van der Waals surface area contributed by atoms with Crippen LogP contribution in [-0.2, 0) is 9.47 Å². The van der Waals surface area contributed by atoms with Gasteiger partial charge in [-0.05, 0) is 279 Å². The number of para-hydroxylation sites is 1. The Kier molecular flexibility index (Phi) is 49.3. The molecule has 0 atom stereocenters. The lowest BCUT2D eigenvalue weighted by Crippen LogP contribution is -2.28. The molecule has 1 aromatic carbocycles. The van der Waals surface area contributed by atoms with Gasteiger partial charge in [-0.2, -0.15) is 0 Å². The summed E-state index contributed by atoms with van der Waals surface area (Å²) in [5.74, 6) is 4.99. The Balaban J connectivity index is -0.000000927. The lowest BCUT2D eigenvalue weighted by molar-refractivity contribution is 0.000853. The first kappa shape index (κ1) is 94.0. The Bertz CT molecular complexity index is 1720. The minimum atomic E-state index is -2.10. The van der Waals surface area contributed by atoms with Crippen molar-refractivity contribution in [2.45, 2.75) is 399 Å². The second-order valence-electron chi connectivity index (χ2n) is 32.8. The maximum absolute atomic E-state index is 12.6. The summed E-state index contributed by atoms with van der Waals surface area (Å²) < 4.78 is 53.2. The Morgan fingerprint density at radius 3 is 1.08 bits per heavy atom. The van der Waals surface area contributed by atoms with Crippen molar-refractivity contribution in [1.82, 2.24) is 20.4 Å². The highest BCUT2D eigenvalue weighted by Crippen LogP contribution is 2.56. The molecule has 91 heavy (non-hydrogen) atoms. The van der Waals surface area contributed by atoms with Gasteiger partial charge in [-0.3, -0.25) is 0 Å². The van der Waals surface area contributed by atoms with Crippen LogP contribution in [0.4, 0.5) is 13.2 Å². The lowest BCUT2D eigenvalue weighted by Gasteiger charge is -2.19. The molecule has 0 heterocycles. The van der Waals surface area contributed by atoms with Crippen LogP contribution in [0.5, 0.6) is 5.75 Å². The van der Waals surface area contributed by atoms with Gasteiger partial charge >= 0.3 is 0 Å². The zero-order chi connectivity index (χ0) is 71.4. The predicted octanol–water partition coefficient (Wildman–Crippen LogP) is 22.3. The molecule has 12 heteroatoms. The number of hydrogen-bond acceptors (Lipinski definition) is 8. The average Bonchev–Trinajstić information content (AvgIpc) is 1.68. The van der Waals surface area contributed by atoms with Crippen molar-refractivity contribution in [3.63, 3.8) is 0 Å². The average molecular weight is 1320 g/mol. The zero-order valence-corrected chi connectivity index (χ0v) is 67.0. The zero-order valence-electron chi connectivity index (χ0n) is 66.2. The number of rotatable bonds is 18. The monoisotopic (exact) mass is 1320 g/mol. The van der Waals surface area contributed by atoms with Crippen molar-refractivity contribution in [3.05, 3.63) is 30.3 Å². The van der Waals surface area contributed by atoms with E-state index < -0.39 is 17.5 Å². The quantitative estimate of drug-likeness (QED) is 0.125. The molecule has 9 aliphatic carbocycles. The van der Waals surface area contributed by atoms with Gasteiger partial charge in [-0.15, -0.1) is 11.6 Å². The second-order valence-corrected chi connectivity index (χ2v) is 33.5. The van der Waals surface area contributed by atoms with Gasteiger partial charge in [0, 0.05) is 46.5 Å². The van der Waals surface area contributed by atoms with Gasteiger partial charge in [0.05, 0.1) is 30.0 Å². The number of hydrogen-bond donors (Lipinski definition) is 3. The molecule has 0 bridgehead atoms. The molecule has 1 aromatic rings. The molecule has 0 radical (unpaired) electrons. The number of benzene rings is 1. The highest BCUT2D eigenvalue weighted by Gasteiger charge is 2.53. The molecule has 0 saturated heterocycles. The minimum Gasteiger partial charge on any atom is -0.491 e. The SMILES string of the molecule is CC(C)C1(C(F)F)CC1.CC(C)C1(C)CC1.CC(C)C1(Cl)CC1.CC(C)C1(F)CC1.CC(C)C1CC1.CC(C)N.CC(C)N(C)C.CC(C)N(C)C1CC1.CC(C)NC1CC1.CC(C)OC1(C)CC1.CC(C)OC1CC1.CC(C)Oc1ccccc1.CNC(C)C. The summed E-state index contributed by atoms with van der Waals surface area (Å²) in [6.07, 6.45) is 21.8. The minimum absolute atomic E-state index is 0.150. The van der Waals surface area contributed by atoms with Crippen molar-refractivity contribution in [1.29, 1.82) is 0 Å². The molecule has 9 fully saturated rings. The van der Waals surface area contributed by atoms with Gasteiger partial charge in [0.15, 0.2) is 0 Å². The van der Waals surface area contributed by atoms with Crippen LogP contribution in [0, 0.1) is 46.3 Å². The van der Waals surface area contributed by atoms with Crippen LogP contribution in [0.1, 0.15) is 309 Å². The third-order valence-corrected chi connectivity index (χ3v) is 19.0. The number of nitrogens with two attached hydrogens (primary N) is 1. The van der Waals surface area contributed by atoms with Crippen LogP contribution in [0.15, 0.2) is 30.3 Å². The number of nitrogens with one attached hydrogen (secondary N) is 2. The molecule has 0 spiro atoms. The van der Waals surface area contributed by atoms with E-state index in [4.69, 9.17) is 31.5 Å². The molecule has 10 rings (SSSR count). The summed E-state index contributed by atoms with van der Waals surface area (Å²) in [4.78, 5) is 4.83. The van der Waals surface area contributed by atoms with Gasteiger partial charge in [0.1, 0.15) is 11.4 Å². The van der Waals surface area contributed by atoms with Crippen LogP contribution in [0.25, 0.3) is 0 Å². The largest absolute Gasteiger partial charge is 0.491 e. The molecular formula is C79H159ClF3N5O3. The van der Waals surface area contributed by atoms with Crippen molar-refractivity contribution < 1.29 is 27.4 Å².